The highest BCUT2D eigenvalue weighted by Crippen LogP contribution is 2.21. The second kappa shape index (κ2) is 9.89. The van der Waals surface area contributed by atoms with Gasteiger partial charge in [0.05, 0.1) is 12.9 Å². The Morgan fingerprint density at radius 1 is 1.00 bits per heavy atom. The predicted molar refractivity (Wildman–Crippen MR) is 116 cm³/mol. The maximum Gasteiger partial charge on any atom is 0.127 e. The molecule has 0 radical (unpaired) electrons. The van der Waals surface area contributed by atoms with Crippen molar-refractivity contribution in [3.8, 4) is 11.8 Å². The van der Waals surface area contributed by atoms with Crippen molar-refractivity contribution in [2.45, 2.75) is 44.8 Å². The van der Waals surface area contributed by atoms with E-state index in [0.29, 0.717) is 6.54 Å². The van der Waals surface area contributed by atoms with Gasteiger partial charge in [-0.3, -0.25) is 0 Å². The molecule has 30 heavy (non-hydrogen) atoms. The third-order valence-electron chi connectivity index (χ3n) is 5.17. The van der Waals surface area contributed by atoms with E-state index in [2.05, 4.69) is 22.0 Å². The van der Waals surface area contributed by atoms with E-state index in [4.69, 9.17) is 4.84 Å². The van der Waals surface area contributed by atoms with Crippen molar-refractivity contribution in [2.75, 3.05) is 0 Å². The first kappa shape index (κ1) is 19.9. The summed E-state index contributed by atoms with van der Waals surface area (Å²) < 4.78 is 15.0. The average Bonchev–Trinajstić information content (AvgIpc) is 3.31. The fraction of sp³-hybridized carbons (Fsp3) is 0.280. The molecule has 2 aromatic carbocycles. The Labute approximate surface area is 176 Å². The summed E-state index contributed by atoms with van der Waals surface area (Å²) in [5.41, 5.74) is 3.52. The van der Waals surface area contributed by atoms with Gasteiger partial charge in [-0.05, 0) is 62.1 Å². The Kier molecular flexibility index (Phi) is 6.56. The highest BCUT2D eigenvalue weighted by atomic mass is 19.1. The van der Waals surface area contributed by atoms with Gasteiger partial charge in [0.1, 0.15) is 17.6 Å². The number of hydrogen-bond acceptors (Lipinski definition) is 3. The van der Waals surface area contributed by atoms with Gasteiger partial charge in [0.2, 0.25) is 0 Å². The lowest BCUT2D eigenvalue weighted by Crippen LogP contribution is -2.17. The summed E-state index contributed by atoms with van der Waals surface area (Å²) in [5.74, 6) is 5.92. The zero-order chi connectivity index (χ0) is 20.6. The number of imidazole rings is 1. The third kappa shape index (κ3) is 5.57. The smallest absolute Gasteiger partial charge is 0.127 e. The van der Waals surface area contributed by atoms with Crippen molar-refractivity contribution >= 4 is 5.71 Å². The lowest BCUT2D eigenvalue weighted by Gasteiger charge is -2.20. The van der Waals surface area contributed by atoms with Gasteiger partial charge in [0.15, 0.2) is 0 Å². The van der Waals surface area contributed by atoms with Gasteiger partial charge in [-0.2, -0.15) is 0 Å². The van der Waals surface area contributed by atoms with Gasteiger partial charge < -0.3 is 9.40 Å². The molecule has 3 aromatic rings. The van der Waals surface area contributed by atoms with Crippen molar-refractivity contribution in [3.63, 3.8) is 0 Å². The number of hydrogen-bond donors (Lipinski definition) is 0. The van der Waals surface area contributed by atoms with E-state index < -0.39 is 0 Å². The van der Waals surface area contributed by atoms with E-state index in [1.807, 2.05) is 35.0 Å². The molecule has 1 aromatic heterocycles. The molecule has 0 saturated heterocycles. The lowest BCUT2D eigenvalue weighted by molar-refractivity contribution is 0.0326. The molecule has 0 aliphatic heterocycles. The second-order valence-electron chi connectivity index (χ2n) is 7.47. The molecule has 1 aliphatic carbocycles. The molecule has 1 heterocycles. The number of oxime groups is 1. The topological polar surface area (TPSA) is 39.4 Å². The normalized spacial score (nSPS) is 14.8. The van der Waals surface area contributed by atoms with Gasteiger partial charge in [0, 0.05) is 29.1 Å². The van der Waals surface area contributed by atoms with Crippen LogP contribution in [0.1, 0.15) is 48.8 Å². The summed E-state index contributed by atoms with van der Waals surface area (Å²) in [7, 11) is 0. The zero-order valence-electron chi connectivity index (χ0n) is 16.8. The van der Waals surface area contributed by atoms with Gasteiger partial charge in [0.25, 0.3) is 0 Å². The molecule has 0 amide bonds. The molecule has 5 heteroatoms. The average molecular weight is 401 g/mol. The maximum absolute atomic E-state index is 13.0. The zero-order valence-corrected chi connectivity index (χ0v) is 16.8. The van der Waals surface area contributed by atoms with Crippen LogP contribution in [-0.2, 0) is 11.4 Å². The van der Waals surface area contributed by atoms with Crippen LogP contribution in [0.2, 0.25) is 0 Å². The molecule has 1 aliphatic rings. The van der Waals surface area contributed by atoms with Crippen molar-refractivity contribution < 1.29 is 9.23 Å². The summed E-state index contributed by atoms with van der Waals surface area (Å²) >= 11 is 0. The van der Waals surface area contributed by atoms with E-state index in [0.717, 1.165) is 35.2 Å². The Bertz CT molecular complexity index is 1020. The molecule has 0 atom stereocenters. The summed E-state index contributed by atoms with van der Waals surface area (Å²) in [4.78, 5) is 10.0. The fourth-order valence-electron chi connectivity index (χ4n) is 3.46. The molecular weight excluding hydrogens is 377 g/mol. The molecule has 152 valence electrons. The van der Waals surface area contributed by atoms with E-state index in [9.17, 15) is 4.39 Å². The van der Waals surface area contributed by atoms with Gasteiger partial charge >= 0.3 is 0 Å². The Balaban J connectivity index is 1.50. The quantitative estimate of drug-likeness (QED) is 0.336. The van der Waals surface area contributed by atoms with Gasteiger partial charge in [-0.1, -0.05) is 35.6 Å². The van der Waals surface area contributed by atoms with Gasteiger partial charge in [-0.15, -0.1) is 0 Å². The first-order valence-corrected chi connectivity index (χ1v) is 10.3. The number of benzene rings is 2. The Morgan fingerprint density at radius 3 is 2.30 bits per heavy atom. The van der Waals surface area contributed by atoms with E-state index in [1.54, 1.807) is 24.7 Å². The molecule has 0 spiro atoms. The van der Waals surface area contributed by atoms with Crippen LogP contribution in [0.3, 0.4) is 0 Å². The van der Waals surface area contributed by atoms with Crippen LogP contribution in [0.4, 0.5) is 4.39 Å². The van der Waals surface area contributed by atoms with Crippen molar-refractivity contribution in [2.24, 2.45) is 5.16 Å². The maximum atomic E-state index is 13.0. The molecule has 4 rings (SSSR count). The standard InChI is InChI=1S/C25H24FN3O/c26-23-14-10-21(11-15-23)7-6-20-8-12-22(13-9-20)25(18-29-17-16-27-19-29)28-30-24-4-2-1-3-5-24/h8-17,19,24H,1-5,18H2/b28-25+. The van der Waals surface area contributed by atoms with E-state index >= 15 is 0 Å². The minimum atomic E-state index is -0.259. The minimum Gasteiger partial charge on any atom is -0.392 e. The first-order valence-electron chi connectivity index (χ1n) is 10.3. The molecule has 0 bridgehead atoms. The van der Waals surface area contributed by atoms with Gasteiger partial charge in [-0.25, -0.2) is 9.37 Å². The minimum absolute atomic E-state index is 0.206. The van der Waals surface area contributed by atoms with Crippen LogP contribution in [0.15, 0.2) is 72.4 Å². The van der Waals surface area contributed by atoms with Crippen LogP contribution >= 0.6 is 0 Å². The number of aromatic nitrogens is 2. The summed E-state index contributed by atoms with van der Waals surface area (Å²) in [6.07, 6.45) is 11.5. The summed E-state index contributed by atoms with van der Waals surface area (Å²) in [6, 6.07) is 14.1. The first-order chi connectivity index (χ1) is 14.8. The van der Waals surface area contributed by atoms with Crippen molar-refractivity contribution in [1.82, 2.24) is 9.55 Å². The molecular formula is C25H24FN3O. The molecule has 0 unspecified atom stereocenters. The molecule has 0 N–H and O–H groups in total. The Hall–Kier alpha value is -3.39. The SMILES string of the molecule is Fc1ccc(C#Cc2ccc(/C(Cn3ccnc3)=N/OC3CCCCC3)cc2)cc1. The molecule has 1 fully saturated rings. The van der Waals surface area contributed by atoms with Crippen LogP contribution in [0.5, 0.6) is 0 Å². The fourth-order valence-corrected chi connectivity index (χ4v) is 3.46. The van der Waals surface area contributed by atoms with Crippen LogP contribution in [-0.4, -0.2) is 21.4 Å². The third-order valence-corrected chi connectivity index (χ3v) is 5.17. The monoisotopic (exact) mass is 401 g/mol. The number of nitrogens with zero attached hydrogens (tertiary/aromatic N) is 3. The highest BCUT2D eigenvalue weighted by Gasteiger charge is 2.15. The number of rotatable bonds is 5. The lowest BCUT2D eigenvalue weighted by atomic mass is 9.98. The van der Waals surface area contributed by atoms with Crippen LogP contribution in [0.25, 0.3) is 0 Å². The summed E-state index contributed by atoms with van der Waals surface area (Å²) in [6.45, 7) is 0.591. The van der Waals surface area contributed by atoms with Crippen molar-refractivity contribution in [3.05, 3.63) is 89.8 Å². The number of halogens is 1. The van der Waals surface area contributed by atoms with Crippen molar-refractivity contribution in [1.29, 1.82) is 0 Å². The molecule has 1 saturated carbocycles. The Morgan fingerprint density at radius 2 is 1.67 bits per heavy atom. The summed E-state index contributed by atoms with van der Waals surface area (Å²) in [5, 5.41) is 4.52. The largest absolute Gasteiger partial charge is 0.392 e. The van der Waals surface area contributed by atoms with Crippen LogP contribution < -0.4 is 0 Å². The van der Waals surface area contributed by atoms with Crippen LogP contribution in [0, 0.1) is 17.7 Å². The van der Waals surface area contributed by atoms with E-state index in [1.165, 1.54) is 31.4 Å². The van der Waals surface area contributed by atoms with E-state index in [-0.39, 0.29) is 11.9 Å². The molecule has 4 nitrogen and oxygen atoms in total. The predicted octanol–water partition coefficient (Wildman–Crippen LogP) is 5.18. The second-order valence-corrected chi connectivity index (χ2v) is 7.47. The highest BCUT2D eigenvalue weighted by molar-refractivity contribution is 6.00.